The molecule has 22 heavy (non-hydrogen) atoms. The normalized spacial score (nSPS) is 12.1. The number of rotatable bonds is 0. The number of hydrogen-bond donors (Lipinski definition) is 0. The Hall–Kier alpha value is -0.740. The molecule has 2 rings (SSSR count). The Balaban J connectivity index is 0.000000220. The van der Waals surface area contributed by atoms with Crippen LogP contribution >= 0.6 is 22.7 Å². The first-order chi connectivity index (χ1) is 9.82. The maximum Gasteiger partial charge on any atom is 0.0984 e. The van der Waals surface area contributed by atoms with Crippen molar-refractivity contribution >= 4 is 22.7 Å². The zero-order valence-corrected chi connectivity index (χ0v) is 17.3. The van der Waals surface area contributed by atoms with Gasteiger partial charge in [-0.05, 0) is 27.7 Å². The minimum atomic E-state index is 0.203. The molecule has 0 aliphatic rings. The van der Waals surface area contributed by atoms with E-state index >= 15 is 0 Å². The minimum absolute atomic E-state index is 0.203. The Morgan fingerprint density at radius 3 is 1.41 bits per heavy atom. The van der Waals surface area contributed by atoms with Crippen molar-refractivity contribution in [1.82, 2.24) is 9.97 Å². The summed E-state index contributed by atoms with van der Waals surface area (Å²) in [7, 11) is 0. The van der Waals surface area contributed by atoms with E-state index in [9.17, 15) is 0 Å². The summed E-state index contributed by atoms with van der Waals surface area (Å²) < 4.78 is 0. The lowest BCUT2D eigenvalue weighted by molar-refractivity contribution is 0.568. The lowest BCUT2D eigenvalue weighted by Gasteiger charge is -2.15. The van der Waals surface area contributed by atoms with Crippen molar-refractivity contribution in [3.63, 3.8) is 0 Å². The number of hydrogen-bond acceptors (Lipinski definition) is 4. The van der Waals surface area contributed by atoms with Crippen molar-refractivity contribution in [3.8, 4) is 0 Å². The fourth-order valence-electron chi connectivity index (χ4n) is 2.02. The van der Waals surface area contributed by atoms with Gasteiger partial charge in [-0.15, -0.1) is 22.7 Å². The Morgan fingerprint density at radius 2 is 1.23 bits per heavy atom. The summed E-state index contributed by atoms with van der Waals surface area (Å²) in [5.41, 5.74) is 2.85. The second-order valence-electron chi connectivity index (χ2n) is 7.80. The third-order valence-corrected chi connectivity index (χ3v) is 5.67. The van der Waals surface area contributed by atoms with Crippen LogP contribution < -0.4 is 0 Å². The summed E-state index contributed by atoms with van der Waals surface area (Å²) in [6, 6.07) is 0. The van der Waals surface area contributed by atoms with Gasteiger partial charge in [-0.1, -0.05) is 41.5 Å². The van der Waals surface area contributed by atoms with Crippen LogP contribution in [0.1, 0.15) is 72.7 Å². The van der Waals surface area contributed by atoms with E-state index in [4.69, 9.17) is 0 Å². The van der Waals surface area contributed by atoms with Crippen LogP contribution in [0.3, 0.4) is 0 Å². The molecule has 0 spiro atoms. The lowest BCUT2D eigenvalue weighted by Crippen LogP contribution is -2.12. The average Bonchev–Trinajstić information content (AvgIpc) is 2.82. The molecule has 0 fully saturated rings. The first-order valence-corrected chi connectivity index (χ1v) is 9.34. The van der Waals surface area contributed by atoms with Crippen LogP contribution in [-0.4, -0.2) is 9.97 Å². The summed E-state index contributed by atoms with van der Waals surface area (Å²) in [6.07, 6.45) is 0. The summed E-state index contributed by atoms with van der Waals surface area (Å²) in [4.78, 5) is 11.7. The number of thiazole rings is 2. The molecule has 0 saturated carbocycles. The van der Waals surface area contributed by atoms with E-state index in [0.717, 1.165) is 0 Å². The Morgan fingerprint density at radius 1 is 0.682 bits per heavy atom. The number of aromatic nitrogens is 2. The molecular weight excluding hydrogens is 308 g/mol. The second-order valence-corrected chi connectivity index (χ2v) is 10.4. The highest BCUT2D eigenvalue weighted by molar-refractivity contribution is 7.12. The monoisotopic (exact) mass is 338 g/mol. The fraction of sp³-hybridized carbons (Fsp3) is 0.667. The summed E-state index contributed by atoms with van der Waals surface area (Å²) >= 11 is 3.60. The van der Waals surface area contributed by atoms with Crippen molar-refractivity contribution in [2.45, 2.75) is 80.1 Å². The van der Waals surface area contributed by atoms with Crippen molar-refractivity contribution in [2.75, 3.05) is 0 Å². The quantitative estimate of drug-likeness (QED) is 0.578. The third kappa shape index (κ3) is 5.17. The van der Waals surface area contributed by atoms with Crippen LogP contribution in [0, 0.1) is 27.7 Å². The second kappa shape index (κ2) is 6.79. The van der Waals surface area contributed by atoms with E-state index in [1.807, 2.05) is 11.3 Å². The van der Waals surface area contributed by atoms with Gasteiger partial charge in [-0.3, -0.25) is 0 Å². The van der Waals surface area contributed by atoms with Gasteiger partial charge in [-0.25, -0.2) is 9.97 Å². The molecule has 2 aromatic rings. The molecule has 2 heterocycles. The Labute approximate surface area is 144 Å². The standard InChI is InChI=1S/2C9H15NS/c1-6-8(9(3,4)5)10-7(2)11-6;1-6-7(2)11-8(10-6)9(3,4)5/h2*1-5H3. The van der Waals surface area contributed by atoms with Gasteiger partial charge >= 0.3 is 0 Å². The molecule has 2 nitrogen and oxygen atoms in total. The van der Waals surface area contributed by atoms with Gasteiger partial charge < -0.3 is 0 Å². The maximum atomic E-state index is 4.50. The minimum Gasteiger partial charge on any atom is -0.246 e. The fourth-order valence-corrected chi connectivity index (χ4v) is 4.02. The lowest BCUT2D eigenvalue weighted by atomic mass is 9.92. The van der Waals surface area contributed by atoms with Gasteiger partial charge in [0, 0.05) is 20.6 Å². The SMILES string of the molecule is Cc1nc(C(C)(C)C)c(C)s1.Cc1nc(C(C)(C)C)sc1C. The predicted molar refractivity (Wildman–Crippen MR) is 101 cm³/mol. The Kier molecular flexibility index (Phi) is 5.96. The third-order valence-electron chi connectivity index (χ3n) is 3.28. The van der Waals surface area contributed by atoms with Gasteiger partial charge in [0.25, 0.3) is 0 Å². The molecule has 0 aromatic carbocycles. The topological polar surface area (TPSA) is 25.8 Å². The highest BCUT2D eigenvalue weighted by Crippen LogP contribution is 2.29. The van der Waals surface area contributed by atoms with E-state index in [1.54, 1.807) is 11.3 Å². The highest BCUT2D eigenvalue weighted by Gasteiger charge is 2.20. The van der Waals surface area contributed by atoms with Crippen molar-refractivity contribution in [2.24, 2.45) is 0 Å². The summed E-state index contributed by atoms with van der Waals surface area (Å²) in [5, 5.41) is 2.42. The van der Waals surface area contributed by atoms with E-state index < -0.39 is 0 Å². The average molecular weight is 339 g/mol. The largest absolute Gasteiger partial charge is 0.246 e. The van der Waals surface area contributed by atoms with E-state index in [-0.39, 0.29) is 10.8 Å². The molecule has 0 unspecified atom stereocenters. The number of nitrogens with zero attached hydrogens (tertiary/aromatic N) is 2. The first-order valence-electron chi connectivity index (χ1n) is 7.71. The van der Waals surface area contributed by atoms with Crippen molar-refractivity contribution < 1.29 is 0 Å². The van der Waals surface area contributed by atoms with Crippen LogP contribution in [-0.2, 0) is 10.8 Å². The van der Waals surface area contributed by atoms with E-state index in [1.165, 1.54) is 31.2 Å². The van der Waals surface area contributed by atoms with Crippen LogP contribution in [0.5, 0.6) is 0 Å². The van der Waals surface area contributed by atoms with Crippen molar-refractivity contribution in [1.29, 1.82) is 0 Å². The molecular formula is C18H30N2S2. The molecule has 0 amide bonds. The molecule has 0 bridgehead atoms. The van der Waals surface area contributed by atoms with Gasteiger partial charge in [0.2, 0.25) is 0 Å². The van der Waals surface area contributed by atoms with Gasteiger partial charge in [0.1, 0.15) is 0 Å². The van der Waals surface area contributed by atoms with Gasteiger partial charge in [0.15, 0.2) is 0 Å². The molecule has 0 radical (unpaired) electrons. The van der Waals surface area contributed by atoms with Gasteiger partial charge in [-0.2, -0.15) is 0 Å². The van der Waals surface area contributed by atoms with Crippen LogP contribution in [0.4, 0.5) is 0 Å². The summed E-state index contributed by atoms with van der Waals surface area (Å²) in [6.45, 7) is 21.6. The van der Waals surface area contributed by atoms with Crippen LogP contribution in [0.15, 0.2) is 0 Å². The number of aryl methyl sites for hydroxylation is 4. The zero-order valence-electron chi connectivity index (χ0n) is 15.7. The molecule has 0 aliphatic carbocycles. The molecule has 4 heteroatoms. The van der Waals surface area contributed by atoms with Gasteiger partial charge in [0.05, 0.1) is 21.4 Å². The Bertz CT molecular complexity index is 603. The van der Waals surface area contributed by atoms with Crippen LogP contribution in [0.2, 0.25) is 0 Å². The molecule has 0 aliphatic heterocycles. The maximum absolute atomic E-state index is 4.50. The van der Waals surface area contributed by atoms with Crippen LogP contribution in [0.25, 0.3) is 0 Å². The molecule has 2 aromatic heterocycles. The molecule has 0 atom stereocenters. The molecule has 0 N–H and O–H groups in total. The molecule has 124 valence electrons. The van der Waals surface area contributed by atoms with E-state index in [2.05, 4.69) is 79.2 Å². The van der Waals surface area contributed by atoms with E-state index in [0.29, 0.717) is 0 Å². The first kappa shape index (κ1) is 19.3. The highest BCUT2D eigenvalue weighted by atomic mass is 32.1. The molecule has 0 saturated heterocycles. The summed E-state index contributed by atoms with van der Waals surface area (Å²) in [5.74, 6) is 0. The smallest absolute Gasteiger partial charge is 0.0984 e. The predicted octanol–water partition coefficient (Wildman–Crippen LogP) is 6.11. The van der Waals surface area contributed by atoms with Crippen molar-refractivity contribution in [3.05, 3.63) is 31.2 Å². The zero-order chi connectivity index (χ0) is 17.3.